The van der Waals surface area contributed by atoms with Crippen LogP contribution >= 0.6 is 0 Å². The lowest BCUT2D eigenvalue weighted by Crippen LogP contribution is -2.25. The molecule has 0 saturated heterocycles. The van der Waals surface area contributed by atoms with Gasteiger partial charge in [-0.25, -0.2) is 44.4 Å². The summed E-state index contributed by atoms with van der Waals surface area (Å²) >= 11 is 0. The molecule has 3 N–H and O–H groups in total. The van der Waals surface area contributed by atoms with Gasteiger partial charge < -0.3 is 24.3 Å². The first-order valence-corrected chi connectivity index (χ1v) is 21.1. The Labute approximate surface area is 362 Å². The molecule has 21 nitrogen and oxygen atoms in total. The van der Waals surface area contributed by atoms with Crippen LogP contribution in [-0.2, 0) is 33.1 Å². The van der Waals surface area contributed by atoms with E-state index in [1.54, 1.807) is 36.4 Å². The Hall–Kier alpha value is -7.29. The summed E-state index contributed by atoms with van der Waals surface area (Å²) in [6, 6.07) is 17.1. The van der Waals surface area contributed by atoms with E-state index in [0.717, 1.165) is 39.7 Å². The predicted molar refractivity (Wildman–Crippen MR) is 222 cm³/mol. The van der Waals surface area contributed by atoms with Gasteiger partial charge in [-0.3, -0.25) is 20.2 Å². The van der Waals surface area contributed by atoms with Crippen molar-refractivity contribution in [1.82, 2.24) is 29.0 Å². The topological polar surface area (TPSA) is 263 Å². The molecule has 26 heteroatoms. The van der Waals surface area contributed by atoms with Gasteiger partial charge in [-0.2, -0.15) is 9.49 Å². The summed E-state index contributed by atoms with van der Waals surface area (Å²) in [6.45, 7) is -0.967. The predicted octanol–water partition coefficient (Wildman–Crippen LogP) is 5.37. The zero-order chi connectivity index (χ0) is 46.8. The first kappa shape index (κ1) is 47.8. The third-order valence-corrected chi connectivity index (χ3v) is 11.7. The van der Waals surface area contributed by atoms with Crippen LogP contribution in [0, 0.1) is 26.2 Å². The molecular weight excluding hydrogens is 896 g/mol. The third-order valence-electron chi connectivity index (χ3n) is 8.87. The second kappa shape index (κ2) is 20.7. The van der Waals surface area contributed by atoms with Gasteiger partial charge in [-0.1, -0.05) is 12.1 Å². The number of hydrogen-bond acceptors (Lipinski definition) is 15. The molecule has 0 spiro atoms. The van der Waals surface area contributed by atoms with Gasteiger partial charge >= 0.3 is 0 Å². The maximum Gasteiger partial charge on any atom is 0.270 e. The van der Waals surface area contributed by atoms with Gasteiger partial charge in [-0.15, -0.1) is 5.10 Å². The number of rotatable bonds is 19. The summed E-state index contributed by atoms with van der Waals surface area (Å²) in [5.41, 5.74) is 0.292. The van der Waals surface area contributed by atoms with Crippen molar-refractivity contribution in [2.24, 2.45) is 0 Å². The van der Waals surface area contributed by atoms with Crippen LogP contribution in [0.3, 0.4) is 0 Å². The van der Waals surface area contributed by atoms with Crippen LogP contribution in [0.4, 0.5) is 30.2 Å². The average Bonchev–Trinajstić information content (AvgIpc) is 3.95. The highest BCUT2D eigenvalue weighted by atomic mass is 32.2. The molecule has 6 aromatic rings. The number of methoxy groups -OCH3 is 4. The SMILES string of the molecule is COc1ccc(CNS(=O)(=O)c2cc([N+](=O)[O-])ccc2-n2cc(NCC(F)F)cn2)c(OC)c1.COc1ccc(CNS(=O)(=O)c2cc([N+](=O)[O-])ccc2-n2ccc(F)n2)c(OC)c1. The number of alkyl halides is 2. The molecular formula is C38H38F3N9O12S2. The molecule has 6 rings (SSSR count). The molecule has 64 heavy (non-hydrogen) atoms. The number of nitro groups is 2. The van der Waals surface area contributed by atoms with Gasteiger partial charge in [-0.05, 0) is 24.3 Å². The van der Waals surface area contributed by atoms with Gasteiger partial charge in [0.2, 0.25) is 26.0 Å². The highest BCUT2D eigenvalue weighted by Gasteiger charge is 2.26. The Balaban J connectivity index is 0.000000243. The molecule has 0 fully saturated rings. The molecule has 2 aromatic heterocycles. The molecule has 0 aliphatic heterocycles. The monoisotopic (exact) mass is 933 g/mol. The van der Waals surface area contributed by atoms with Crippen LogP contribution in [-0.4, -0.2) is 87.7 Å². The molecule has 0 unspecified atom stereocenters. The molecule has 0 amide bonds. The van der Waals surface area contributed by atoms with Gasteiger partial charge in [0.15, 0.2) is 0 Å². The van der Waals surface area contributed by atoms with Crippen LogP contribution in [0.5, 0.6) is 23.0 Å². The van der Waals surface area contributed by atoms with E-state index in [9.17, 15) is 50.2 Å². The zero-order valence-corrected chi connectivity index (χ0v) is 35.6. The van der Waals surface area contributed by atoms with Gasteiger partial charge in [0.25, 0.3) is 17.8 Å². The fourth-order valence-electron chi connectivity index (χ4n) is 5.72. The average molecular weight is 934 g/mol. The Morgan fingerprint density at radius 2 is 1.17 bits per heavy atom. The summed E-state index contributed by atoms with van der Waals surface area (Å²) in [6.07, 6.45) is 1.14. The standard InChI is InChI=1S/C20H21F2N5O6S.C18H17FN4O6S/c1-32-16-5-3-13(18(8-16)33-2)9-25-34(30,31)19-7-15(27(28)29)4-6-17(19)26-12-14(10-24-26)23-11-20(21)22;1-28-14-5-3-12(16(10-14)29-2)11-20-30(26,27)17-9-13(23(24)25)4-6-15(17)22-8-7-18(19)21-22/h3-8,10,12,20,23,25H,9,11H2,1-2H3;3-10,20H,11H2,1-2H3. The van der Waals surface area contributed by atoms with Crippen molar-refractivity contribution in [1.29, 1.82) is 0 Å². The number of benzene rings is 4. The number of aromatic nitrogens is 4. The minimum Gasteiger partial charge on any atom is -0.497 e. The highest BCUT2D eigenvalue weighted by molar-refractivity contribution is 7.89. The zero-order valence-electron chi connectivity index (χ0n) is 34.0. The van der Waals surface area contributed by atoms with E-state index in [1.807, 2.05) is 0 Å². The summed E-state index contributed by atoms with van der Waals surface area (Å²) in [7, 11) is -2.73. The summed E-state index contributed by atoms with van der Waals surface area (Å²) in [4.78, 5) is 20.1. The largest absolute Gasteiger partial charge is 0.497 e. The fourth-order valence-corrected chi connectivity index (χ4v) is 8.14. The lowest BCUT2D eigenvalue weighted by Gasteiger charge is -2.14. The van der Waals surface area contributed by atoms with Crippen LogP contribution in [0.25, 0.3) is 11.4 Å². The Kier molecular flexibility index (Phi) is 15.5. The molecule has 0 aliphatic rings. The van der Waals surface area contributed by atoms with Crippen molar-refractivity contribution >= 4 is 37.1 Å². The summed E-state index contributed by atoms with van der Waals surface area (Å²) in [5, 5.41) is 32.4. The number of nitrogens with zero attached hydrogens (tertiary/aromatic N) is 6. The number of nitro benzene ring substituents is 2. The second-order valence-electron chi connectivity index (χ2n) is 12.9. The first-order valence-electron chi connectivity index (χ1n) is 18.2. The van der Waals surface area contributed by atoms with E-state index in [4.69, 9.17) is 18.9 Å². The molecule has 340 valence electrons. The van der Waals surface area contributed by atoms with E-state index in [-0.39, 0.29) is 30.2 Å². The second-order valence-corrected chi connectivity index (χ2v) is 16.3. The Bertz CT molecular complexity index is 2860. The van der Waals surface area contributed by atoms with Crippen molar-refractivity contribution < 1.29 is 58.8 Å². The van der Waals surface area contributed by atoms with Gasteiger partial charge in [0, 0.05) is 72.9 Å². The maximum atomic E-state index is 13.3. The van der Waals surface area contributed by atoms with Crippen molar-refractivity contribution in [2.45, 2.75) is 29.3 Å². The van der Waals surface area contributed by atoms with Crippen molar-refractivity contribution in [3.8, 4) is 34.4 Å². The molecule has 0 atom stereocenters. The first-order chi connectivity index (χ1) is 30.4. The van der Waals surface area contributed by atoms with E-state index in [2.05, 4.69) is 25.0 Å². The van der Waals surface area contributed by atoms with Crippen molar-refractivity contribution in [3.63, 3.8) is 0 Å². The molecule has 2 heterocycles. The number of anilines is 1. The lowest BCUT2D eigenvalue weighted by molar-refractivity contribution is -0.385. The smallest absolute Gasteiger partial charge is 0.270 e. The normalized spacial score (nSPS) is 11.4. The van der Waals surface area contributed by atoms with Crippen LogP contribution in [0.1, 0.15) is 11.1 Å². The summed E-state index contributed by atoms with van der Waals surface area (Å²) < 4.78 is 118. The highest BCUT2D eigenvalue weighted by Crippen LogP contribution is 2.30. The number of sulfonamides is 2. The van der Waals surface area contributed by atoms with Gasteiger partial charge in [0.1, 0.15) is 32.8 Å². The third kappa shape index (κ3) is 11.8. The molecule has 0 radical (unpaired) electrons. The van der Waals surface area contributed by atoms with E-state index < -0.39 is 70.0 Å². The number of nitrogens with one attached hydrogen (secondary N) is 3. The van der Waals surface area contributed by atoms with E-state index >= 15 is 0 Å². The quantitative estimate of drug-likeness (QED) is 0.0681. The number of hydrogen-bond donors (Lipinski definition) is 3. The van der Waals surface area contributed by atoms with Gasteiger partial charge in [0.05, 0.1) is 74.3 Å². The number of halogens is 3. The van der Waals surface area contributed by atoms with E-state index in [0.29, 0.717) is 34.1 Å². The van der Waals surface area contributed by atoms with E-state index in [1.165, 1.54) is 59.2 Å². The Morgan fingerprint density at radius 3 is 1.58 bits per heavy atom. The van der Waals surface area contributed by atoms with Crippen LogP contribution in [0.2, 0.25) is 0 Å². The Morgan fingerprint density at radius 1 is 0.688 bits per heavy atom. The molecule has 0 aliphatic carbocycles. The maximum absolute atomic E-state index is 13.3. The fraction of sp³-hybridized carbons (Fsp3) is 0.211. The van der Waals surface area contributed by atoms with Crippen LogP contribution < -0.4 is 33.7 Å². The summed E-state index contributed by atoms with van der Waals surface area (Å²) in [5.74, 6) is 0.987. The lowest BCUT2D eigenvalue weighted by atomic mass is 10.2. The van der Waals surface area contributed by atoms with Crippen molar-refractivity contribution in [2.75, 3.05) is 40.3 Å². The number of non-ortho nitro benzene ring substituents is 2. The van der Waals surface area contributed by atoms with Crippen molar-refractivity contribution in [3.05, 3.63) is 135 Å². The minimum atomic E-state index is -4.29. The van der Waals surface area contributed by atoms with Crippen LogP contribution in [0.15, 0.2) is 107 Å². The molecule has 4 aromatic carbocycles. The molecule has 0 bridgehead atoms. The number of ether oxygens (including phenoxy) is 4. The molecule has 0 saturated carbocycles. The minimum absolute atomic E-state index is 0.00936.